The van der Waals surface area contributed by atoms with E-state index in [1.165, 1.54) is 18.9 Å². The van der Waals surface area contributed by atoms with Crippen molar-refractivity contribution in [3.05, 3.63) is 29.6 Å². The lowest BCUT2D eigenvalue weighted by atomic mass is 9.89. The van der Waals surface area contributed by atoms with Crippen LogP contribution in [0.25, 0.3) is 0 Å². The highest BCUT2D eigenvalue weighted by molar-refractivity contribution is 5.45. The summed E-state index contributed by atoms with van der Waals surface area (Å²) in [5.41, 5.74) is 1.42. The Morgan fingerprint density at radius 2 is 2.05 bits per heavy atom. The van der Waals surface area contributed by atoms with Gasteiger partial charge in [-0.25, -0.2) is 4.39 Å². The second-order valence-corrected chi connectivity index (χ2v) is 6.21. The highest BCUT2D eigenvalue weighted by Crippen LogP contribution is 2.25. The van der Waals surface area contributed by atoms with E-state index in [1.54, 1.807) is 19.1 Å². The second kappa shape index (κ2) is 7.76. The molecule has 0 radical (unpaired) electrons. The van der Waals surface area contributed by atoms with Gasteiger partial charge >= 0.3 is 0 Å². The van der Waals surface area contributed by atoms with Gasteiger partial charge in [0.2, 0.25) is 0 Å². The van der Waals surface area contributed by atoms with Crippen molar-refractivity contribution >= 4 is 5.69 Å². The summed E-state index contributed by atoms with van der Waals surface area (Å²) in [5.74, 6) is 0.592. The number of rotatable bonds is 6. The third-order valence-electron chi connectivity index (χ3n) is 4.19. The lowest BCUT2D eigenvalue weighted by molar-refractivity contribution is -0.0245. The van der Waals surface area contributed by atoms with Gasteiger partial charge in [0.05, 0.1) is 18.8 Å². The third kappa shape index (κ3) is 5.29. The van der Waals surface area contributed by atoms with E-state index in [1.807, 2.05) is 0 Å². The van der Waals surface area contributed by atoms with Crippen molar-refractivity contribution in [1.82, 2.24) is 0 Å². The molecule has 21 heavy (non-hydrogen) atoms. The molecule has 1 aromatic carbocycles. The maximum absolute atomic E-state index is 13.2. The van der Waals surface area contributed by atoms with Crippen LogP contribution in [0.1, 0.15) is 38.2 Å². The first-order valence-electron chi connectivity index (χ1n) is 7.84. The zero-order valence-electron chi connectivity index (χ0n) is 12.9. The zero-order chi connectivity index (χ0) is 15.2. The van der Waals surface area contributed by atoms with Crippen LogP contribution in [0, 0.1) is 18.7 Å². The fraction of sp³-hybridized carbons (Fsp3) is 0.647. The number of ether oxygens (including phenoxy) is 1. The molecular formula is C17H26FNO2. The number of halogens is 1. The minimum absolute atomic E-state index is 0.212. The molecule has 0 amide bonds. The molecule has 0 aliphatic heterocycles. The third-order valence-corrected chi connectivity index (χ3v) is 4.19. The summed E-state index contributed by atoms with van der Waals surface area (Å²) in [4.78, 5) is 0. The fourth-order valence-electron chi connectivity index (χ4n) is 2.69. The highest BCUT2D eigenvalue weighted by Gasteiger charge is 2.19. The minimum Gasteiger partial charge on any atom is -0.389 e. The largest absolute Gasteiger partial charge is 0.389 e. The predicted molar refractivity (Wildman–Crippen MR) is 83.0 cm³/mol. The summed E-state index contributed by atoms with van der Waals surface area (Å²) in [6, 6.07) is 4.85. The normalized spacial score (nSPS) is 23.8. The molecule has 0 saturated heterocycles. The summed E-state index contributed by atoms with van der Waals surface area (Å²) in [5, 5.41) is 13.1. The van der Waals surface area contributed by atoms with Crippen LogP contribution in [0.15, 0.2) is 18.2 Å². The Balaban J connectivity index is 1.67. The Bertz CT molecular complexity index is 444. The van der Waals surface area contributed by atoms with Crippen LogP contribution in [-0.4, -0.2) is 30.5 Å². The van der Waals surface area contributed by atoms with Crippen LogP contribution in [-0.2, 0) is 4.74 Å². The summed E-state index contributed by atoms with van der Waals surface area (Å²) in [6.45, 7) is 4.77. The van der Waals surface area contributed by atoms with Crippen LogP contribution in [0.3, 0.4) is 0 Å². The van der Waals surface area contributed by atoms with E-state index in [-0.39, 0.29) is 5.82 Å². The summed E-state index contributed by atoms with van der Waals surface area (Å²) >= 11 is 0. The molecule has 0 spiro atoms. The Labute approximate surface area is 126 Å². The van der Waals surface area contributed by atoms with E-state index in [9.17, 15) is 9.50 Å². The minimum atomic E-state index is -0.547. The SMILES string of the molecule is Cc1cc(NCC(O)COC2CCC(C)CC2)ccc1F. The van der Waals surface area contributed by atoms with Crippen molar-refractivity contribution < 1.29 is 14.2 Å². The molecule has 0 heterocycles. The van der Waals surface area contributed by atoms with Crippen molar-refractivity contribution in [2.75, 3.05) is 18.5 Å². The van der Waals surface area contributed by atoms with Crippen molar-refractivity contribution in [3.8, 4) is 0 Å². The molecule has 3 nitrogen and oxygen atoms in total. The monoisotopic (exact) mass is 295 g/mol. The number of aliphatic hydroxyl groups is 1. The molecule has 1 aliphatic rings. The van der Waals surface area contributed by atoms with E-state index >= 15 is 0 Å². The Morgan fingerprint density at radius 1 is 1.33 bits per heavy atom. The van der Waals surface area contributed by atoms with E-state index in [0.717, 1.165) is 24.4 Å². The molecule has 1 aliphatic carbocycles. The molecule has 1 saturated carbocycles. The molecule has 0 aromatic heterocycles. The van der Waals surface area contributed by atoms with Crippen LogP contribution < -0.4 is 5.32 Å². The van der Waals surface area contributed by atoms with E-state index < -0.39 is 6.10 Å². The summed E-state index contributed by atoms with van der Waals surface area (Å²) in [7, 11) is 0. The van der Waals surface area contributed by atoms with Crippen LogP contribution in [0.5, 0.6) is 0 Å². The zero-order valence-corrected chi connectivity index (χ0v) is 12.9. The van der Waals surface area contributed by atoms with E-state index in [0.29, 0.717) is 24.8 Å². The smallest absolute Gasteiger partial charge is 0.126 e. The molecule has 1 fully saturated rings. The molecule has 1 aromatic rings. The Morgan fingerprint density at radius 3 is 2.71 bits per heavy atom. The first-order valence-corrected chi connectivity index (χ1v) is 7.84. The Hall–Kier alpha value is -1.13. The van der Waals surface area contributed by atoms with Gasteiger partial charge in [0.25, 0.3) is 0 Å². The number of hydrogen-bond acceptors (Lipinski definition) is 3. The number of nitrogens with one attached hydrogen (secondary N) is 1. The number of benzene rings is 1. The van der Waals surface area contributed by atoms with Gasteiger partial charge in [-0.05, 0) is 62.3 Å². The van der Waals surface area contributed by atoms with Crippen molar-refractivity contribution in [2.45, 2.75) is 51.7 Å². The average molecular weight is 295 g/mol. The standard InChI is InChI=1S/C17H26FNO2/c1-12-3-6-16(7-4-12)21-11-15(20)10-19-14-5-8-17(18)13(2)9-14/h5,8-9,12,15-16,19-20H,3-4,6-7,10-11H2,1-2H3. The number of hydrogen-bond donors (Lipinski definition) is 2. The molecule has 2 N–H and O–H groups in total. The maximum atomic E-state index is 13.2. The van der Waals surface area contributed by atoms with Gasteiger partial charge in [-0.3, -0.25) is 0 Å². The molecule has 4 heteroatoms. The van der Waals surface area contributed by atoms with E-state index in [2.05, 4.69) is 12.2 Å². The van der Waals surface area contributed by atoms with Crippen molar-refractivity contribution in [2.24, 2.45) is 5.92 Å². The van der Waals surface area contributed by atoms with Gasteiger partial charge in [-0.15, -0.1) is 0 Å². The van der Waals surface area contributed by atoms with Crippen molar-refractivity contribution in [1.29, 1.82) is 0 Å². The van der Waals surface area contributed by atoms with E-state index in [4.69, 9.17) is 4.74 Å². The van der Waals surface area contributed by atoms with Crippen LogP contribution >= 0.6 is 0 Å². The first kappa shape index (κ1) is 16.2. The summed E-state index contributed by atoms with van der Waals surface area (Å²) < 4.78 is 18.9. The highest BCUT2D eigenvalue weighted by atomic mass is 19.1. The number of aliphatic hydroxyl groups excluding tert-OH is 1. The second-order valence-electron chi connectivity index (χ2n) is 6.21. The predicted octanol–water partition coefficient (Wildman–Crippen LogP) is 3.50. The number of aryl methyl sites for hydroxylation is 1. The molecule has 1 unspecified atom stereocenters. The fourth-order valence-corrected chi connectivity index (χ4v) is 2.69. The molecule has 1 atom stereocenters. The average Bonchev–Trinajstić information content (AvgIpc) is 2.48. The van der Waals surface area contributed by atoms with Gasteiger partial charge in [0, 0.05) is 12.2 Å². The Kier molecular flexibility index (Phi) is 6.00. The first-order chi connectivity index (χ1) is 10.0. The van der Waals surface area contributed by atoms with Crippen molar-refractivity contribution in [3.63, 3.8) is 0 Å². The van der Waals surface area contributed by atoms with Gasteiger partial charge in [-0.1, -0.05) is 6.92 Å². The molecule has 118 valence electrons. The van der Waals surface area contributed by atoms with Gasteiger partial charge in [-0.2, -0.15) is 0 Å². The van der Waals surface area contributed by atoms with Gasteiger partial charge < -0.3 is 15.2 Å². The van der Waals surface area contributed by atoms with Gasteiger partial charge in [0.15, 0.2) is 0 Å². The topological polar surface area (TPSA) is 41.5 Å². The lowest BCUT2D eigenvalue weighted by Crippen LogP contribution is -2.29. The summed E-state index contributed by atoms with van der Waals surface area (Å²) in [6.07, 6.45) is 4.37. The van der Waals surface area contributed by atoms with Gasteiger partial charge in [0.1, 0.15) is 5.82 Å². The maximum Gasteiger partial charge on any atom is 0.126 e. The molecular weight excluding hydrogens is 269 g/mol. The van der Waals surface area contributed by atoms with Crippen LogP contribution in [0.2, 0.25) is 0 Å². The quantitative estimate of drug-likeness (QED) is 0.844. The number of anilines is 1. The lowest BCUT2D eigenvalue weighted by Gasteiger charge is -2.27. The molecule has 2 rings (SSSR count). The van der Waals surface area contributed by atoms with Crippen LogP contribution in [0.4, 0.5) is 10.1 Å². The molecule has 0 bridgehead atoms.